The van der Waals surface area contributed by atoms with Crippen LogP contribution in [0.3, 0.4) is 0 Å². The first-order chi connectivity index (χ1) is 12.1. The van der Waals surface area contributed by atoms with Crippen molar-refractivity contribution in [2.75, 3.05) is 11.1 Å². The summed E-state index contributed by atoms with van der Waals surface area (Å²) in [6, 6.07) is 17.2. The number of halogens is 1. The molecule has 0 radical (unpaired) electrons. The molecule has 0 spiro atoms. The van der Waals surface area contributed by atoms with Gasteiger partial charge in [0.15, 0.2) is 5.82 Å². The maximum Gasteiger partial charge on any atom is 0.232 e. The SMILES string of the molecule is N#C/C(=C\c1cccc(F)c1)c1nc(N)nc(Nc2ccccc2)n1. The number of nitrogens with two attached hydrogens (primary N) is 1. The fourth-order valence-corrected chi connectivity index (χ4v) is 2.13. The number of allylic oxidation sites excluding steroid dienone is 1. The average molecular weight is 332 g/mol. The Morgan fingerprint density at radius 3 is 2.60 bits per heavy atom. The lowest BCUT2D eigenvalue weighted by Crippen LogP contribution is -2.06. The molecule has 0 bridgehead atoms. The lowest BCUT2D eigenvalue weighted by atomic mass is 10.1. The molecule has 0 aliphatic heterocycles. The second kappa shape index (κ2) is 7.19. The van der Waals surface area contributed by atoms with Crippen LogP contribution in [0.25, 0.3) is 11.6 Å². The van der Waals surface area contributed by atoms with Gasteiger partial charge in [-0.2, -0.15) is 20.2 Å². The molecule has 2 aromatic carbocycles. The first kappa shape index (κ1) is 16.1. The van der Waals surface area contributed by atoms with Gasteiger partial charge in [0, 0.05) is 5.69 Å². The largest absolute Gasteiger partial charge is 0.368 e. The number of aromatic nitrogens is 3. The Bertz CT molecular complexity index is 963. The van der Waals surface area contributed by atoms with Gasteiger partial charge in [-0.15, -0.1) is 0 Å². The van der Waals surface area contributed by atoms with Gasteiger partial charge in [-0.1, -0.05) is 30.3 Å². The van der Waals surface area contributed by atoms with E-state index < -0.39 is 5.82 Å². The van der Waals surface area contributed by atoms with Gasteiger partial charge in [0.25, 0.3) is 0 Å². The molecule has 0 saturated heterocycles. The highest BCUT2D eigenvalue weighted by atomic mass is 19.1. The maximum atomic E-state index is 13.3. The van der Waals surface area contributed by atoms with Gasteiger partial charge in [0.05, 0.1) is 5.57 Å². The molecule has 3 aromatic rings. The van der Waals surface area contributed by atoms with Crippen LogP contribution in [0.15, 0.2) is 54.6 Å². The summed E-state index contributed by atoms with van der Waals surface area (Å²) in [6.07, 6.45) is 1.49. The van der Waals surface area contributed by atoms with Crippen molar-refractivity contribution in [1.82, 2.24) is 15.0 Å². The predicted octanol–water partition coefficient (Wildman–Crippen LogP) is 3.40. The van der Waals surface area contributed by atoms with Gasteiger partial charge in [-0.3, -0.25) is 0 Å². The van der Waals surface area contributed by atoms with E-state index in [-0.39, 0.29) is 23.3 Å². The van der Waals surface area contributed by atoms with Crippen molar-refractivity contribution >= 4 is 29.2 Å². The molecule has 3 N–H and O–H groups in total. The molecule has 0 atom stereocenters. The number of anilines is 3. The highest BCUT2D eigenvalue weighted by Crippen LogP contribution is 2.18. The van der Waals surface area contributed by atoms with E-state index in [4.69, 9.17) is 5.73 Å². The van der Waals surface area contributed by atoms with Crippen molar-refractivity contribution in [1.29, 1.82) is 5.26 Å². The van der Waals surface area contributed by atoms with Gasteiger partial charge in [-0.05, 0) is 35.9 Å². The van der Waals surface area contributed by atoms with E-state index in [1.54, 1.807) is 12.1 Å². The summed E-state index contributed by atoms with van der Waals surface area (Å²) in [6.45, 7) is 0. The zero-order valence-corrected chi connectivity index (χ0v) is 13.0. The molecule has 0 saturated carbocycles. The first-order valence-electron chi connectivity index (χ1n) is 7.35. The number of nitriles is 1. The Morgan fingerprint density at radius 1 is 1.08 bits per heavy atom. The maximum absolute atomic E-state index is 13.3. The molecule has 1 heterocycles. The summed E-state index contributed by atoms with van der Waals surface area (Å²) >= 11 is 0. The Labute approximate surface area is 143 Å². The minimum absolute atomic E-state index is 0.0242. The summed E-state index contributed by atoms with van der Waals surface area (Å²) in [5, 5.41) is 12.4. The number of hydrogen-bond donors (Lipinski definition) is 2. The topological polar surface area (TPSA) is 101 Å². The Hall–Kier alpha value is -3.79. The number of rotatable bonds is 4. The summed E-state index contributed by atoms with van der Waals surface area (Å²) in [5.41, 5.74) is 7.16. The van der Waals surface area contributed by atoms with Crippen LogP contribution in [0.5, 0.6) is 0 Å². The summed E-state index contributed by atoms with van der Waals surface area (Å²) in [7, 11) is 0. The number of para-hydroxylation sites is 1. The predicted molar refractivity (Wildman–Crippen MR) is 93.8 cm³/mol. The Balaban J connectivity index is 1.96. The van der Waals surface area contributed by atoms with Crippen LogP contribution in [0.1, 0.15) is 11.4 Å². The molecule has 0 amide bonds. The Morgan fingerprint density at radius 2 is 1.88 bits per heavy atom. The van der Waals surface area contributed by atoms with Gasteiger partial charge in [0.1, 0.15) is 11.9 Å². The lowest BCUT2D eigenvalue weighted by Gasteiger charge is -2.07. The van der Waals surface area contributed by atoms with E-state index in [1.165, 1.54) is 18.2 Å². The van der Waals surface area contributed by atoms with Crippen LogP contribution in [-0.4, -0.2) is 15.0 Å². The molecule has 6 nitrogen and oxygen atoms in total. The molecule has 0 aliphatic rings. The van der Waals surface area contributed by atoms with E-state index in [0.29, 0.717) is 5.56 Å². The molecule has 0 unspecified atom stereocenters. The second-order valence-electron chi connectivity index (χ2n) is 5.06. The summed E-state index contributed by atoms with van der Waals surface area (Å²) in [5.74, 6) is -0.0942. The number of nitrogens with one attached hydrogen (secondary N) is 1. The van der Waals surface area contributed by atoms with E-state index >= 15 is 0 Å². The molecule has 0 fully saturated rings. The fourth-order valence-electron chi connectivity index (χ4n) is 2.13. The standard InChI is InChI=1S/C18H13FN6/c19-14-6-4-5-12(10-14)9-13(11-20)16-23-17(21)25-18(24-16)22-15-7-2-1-3-8-15/h1-10H,(H3,21,22,23,24,25)/b13-9+. The van der Waals surface area contributed by atoms with Crippen LogP contribution < -0.4 is 11.1 Å². The number of benzene rings is 2. The van der Waals surface area contributed by atoms with Crippen molar-refractivity contribution in [3.63, 3.8) is 0 Å². The molecule has 122 valence electrons. The van der Waals surface area contributed by atoms with Crippen LogP contribution in [0, 0.1) is 17.1 Å². The Kier molecular flexibility index (Phi) is 4.62. The fraction of sp³-hybridized carbons (Fsp3) is 0. The van der Waals surface area contributed by atoms with Crippen molar-refractivity contribution < 1.29 is 4.39 Å². The van der Waals surface area contributed by atoms with E-state index in [1.807, 2.05) is 36.4 Å². The molecular weight excluding hydrogens is 319 g/mol. The van der Waals surface area contributed by atoms with Gasteiger partial charge >= 0.3 is 0 Å². The summed E-state index contributed by atoms with van der Waals surface area (Å²) in [4.78, 5) is 12.2. The van der Waals surface area contributed by atoms with E-state index in [0.717, 1.165) is 5.69 Å². The zero-order chi connectivity index (χ0) is 17.6. The molecule has 0 aliphatic carbocycles. The third kappa shape index (κ3) is 4.14. The second-order valence-corrected chi connectivity index (χ2v) is 5.06. The molecule has 25 heavy (non-hydrogen) atoms. The quantitative estimate of drug-likeness (QED) is 0.710. The molecular formula is C18H13FN6. The van der Waals surface area contributed by atoms with Crippen molar-refractivity contribution in [3.05, 3.63) is 71.8 Å². The van der Waals surface area contributed by atoms with Crippen LogP contribution in [0.4, 0.5) is 22.0 Å². The molecule has 1 aromatic heterocycles. The zero-order valence-electron chi connectivity index (χ0n) is 13.0. The summed E-state index contributed by atoms with van der Waals surface area (Å²) < 4.78 is 13.3. The van der Waals surface area contributed by atoms with E-state index in [9.17, 15) is 9.65 Å². The van der Waals surface area contributed by atoms with Gasteiger partial charge in [0.2, 0.25) is 11.9 Å². The van der Waals surface area contributed by atoms with Crippen molar-refractivity contribution in [2.24, 2.45) is 0 Å². The number of nitrogen functional groups attached to an aromatic ring is 1. The molecule has 3 rings (SSSR count). The van der Waals surface area contributed by atoms with Gasteiger partial charge in [-0.25, -0.2) is 4.39 Å². The van der Waals surface area contributed by atoms with Crippen molar-refractivity contribution in [3.8, 4) is 6.07 Å². The normalized spacial score (nSPS) is 11.0. The minimum Gasteiger partial charge on any atom is -0.368 e. The van der Waals surface area contributed by atoms with Crippen LogP contribution in [0.2, 0.25) is 0 Å². The monoisotopic (exact) mass is 332 g/mol. The lowest BCUT2D eigenvalue weighted by molar-refractivity contribution is 0.627. The highest BCUT2D eigenvalue weighted by Gasteiger charge is 2.10. The van der Waals surface area contributed by atoms with Gasteiger partial charge < -0.3 is 11.1 Å². The minimum atomic E-state index is -0.396. The highest BCUT2D eigenvalue weighted by molar-refractivity contribution is 5.87. The number of hydrogen-bond acceptors (Lipinski definition) is 6. The van der Waals surface area contributed by atoms with Crippen molar-refractivity contribution in [2.45, 2.75) is 0 Å². The van der Waals surface area contributed by atoms with E-state index in [2.05, 4.69) is 20.3 Å². The molecule has 7 heteroatoms. The third-order valence-corrected chi connectivity index (χ3v) is 3.20. The first-order valence-corrected chi connectivity index (χ1v) is 7.35. The van der Waals surface area contributed by atoms with Crippen LogP contribution in [-0.2, 0) is 0 Å². The average Bonchev–Trinajstić information content (AvgIpc) is 2.60. The van der Waals surface area contributed by atoms with Crippen LogP contribution >= 0.6 is 0 Å². The number of nitrogens with zero attached hydrogens (tertiary/aromatic N) is 4. The smallest absolute Gasteiger partial charge is 0.232 e. The third-order valence-electron chi connectivity index (χ3n) is 3.20.